The highest BCUT2D eigenvalue weighted by Gasteiger charge is 2.31. The lowest BCUT2D eigenvalue weighted by molar-refractivity contribution is -0.137. The Morgan fingerprint density at radius 2 is 1.94 bits per heavy atom. The van der Waals surface area contributed by atoms with Crippen LogP contribution in [0.3, 0.4) is 0 Å². The molecule has 0 radical (unpaired) electrons. The summed E-state index contributed by atoms with van der Waals surface area (Å²) in [5, 5.41) is 0. The van der Waals surface area contributed by atoms with Crippen LogP contribution in [0.2, 0.25) is 0 Å². The summed E-state index contributed by atoms with van der Waals surface area (Å²) in [6.45, 7) is 1.43. The predicted molar refractivity (Wildman–Crippen MR) is 56.7 cm³/mol. The van der Waals surface area contributed by atoms with Crippen molar-refractivity contribution in [3.63, 3.8) is 0 Å². The van der Waals surface area contributed by atoms with Crippen molar-refractivity contribution in [1.82, 2.24) is 0 Å². The molecule has 1 unspecified atom stereocenters. The largest absolute Gasteiger partial charge is 0.416 e. The van der Waals surface area contributed by atoms with Gasteiger partial charge in [-0.05, 0) is 19.1 Å². The number of Topliss-reactive ketones (excluding diaryl/α,β-unsaturated/α-hetero) is 1. The molecule has 1 atom stereocenters. The molecule has 6 heteroatoms. The minimum atomic E-state index is -4.44. The van der Waals surface area contributed by atoms with Crippen LogP contribution < -0.4 is 5.73 Å². The predicted octanol–water partition coefficient (Wildman–Crippen LogP) is 2.66. The van der Waals surface area contributed by atoms with Crippen molar-refractivity contribution in [3.8, 4) is 0 Å². The van der Waals surface area contributed by atoms with Crippen molar-refractivity contribution >= 4 is 18.2 Å². The van der Waals surface area contributed by atoms with E-state index in [9.17, 15) is 18.0 Å². The van der Waals surface area contributed by atoms with Gasteiger partial charge in [0, 0.05) is 5.56 Å². The Hall–Kier alpha value is -1.07. The van der Waals surface area contributed by atoms with Crippen LogP contribution in [0.1, 0.15) is 22.8 Å². The number of halogens is 4. The average Bonchev–Trinajstić information content (AvgIpc) is 2.15. The Balaban J connectivity index is 0.00000225. The van der Waals surface area contributed by atoms with Crippen molar-refractivity contribution in [3.05, 3.63) is 35.4 Å². The molecule has 0 amide bonds. The quantitative estimate of drug-likeness (QED) is 0.824. The third-order valence-electron chi connectivity index (χ3n) is 1.89. The first kappa shape index (κ1) is 14.9. The second kappa shape index (κ2) is 5.32. The normalized spacial score (nSPS) is 12.8. The van der Waals surface area contributed by atoms with Crippen LogP contribution >= 0.6 is 12.4 Å². The fraction of sp³-hybridized carbons (Fsp3) is 0.300. The minimum Gasteiger partial charge on any atom is -0.321 e. The Bertz CT molecular complexity index is 377. The number of carbonyl (C=O) groups is 1. The molecule has 0 heterocycles. The molecule has 2 nitrogen and oxygen atoms in total. The number of benzene rings is 1. The number of alkyl halides is 3. The zero-order valence-corrected chi connectivity index (χ0v) is 9.23. The van der Waals surface area contributed by atoms with E-state index in [-0.39, 0.29) is 18.0 Å². The molecule has 0 aliphatic carbocycles. The van der Waals surface area contributed by atoms with Crippen LogP contribution in [0.15, 0.2) is 24.3 Å². The number of ketones is 1. The third-order valence-corrected chi connectivity index (χ3v) is 1.89. The summed E-state index contributed by atoms with van der Waals surface area (Å²) >= 11 is 0. The third kappa shape index (κ3) is 3.50. The zero-order valence-electron chi connectivity index (χ0n) is 8.41. The van der Waals surface area contributed by atoms with E-state index in [1.165, 1.54) is 19.1 Å². The summed E-state index contributed by atoms with van der Waals surface area (Å²) in [4.78, 5) is 11.3. The summed E-state index contributed by atoms with van der Waals surface area (Å²) in [6, 6.07) is 3.44. The van der Waals surface area contributed by atoms with Crippen molar-refractivity contribution in [2.24, 2.45) is 5.73 Å². The SMILES string of the molecule is CC(N)C(=O)c1cccc(C(F)(F)F)c1.Cl. The van der Waals surface area contributed by atoms with Gasteiger partial charge in [0.1, 0.15) is 0 Å². The molecule has 0 saturated heterocycles. The molecule has 0 aliphatic heterocycles. The van der Waals surface area contributed by atoms with Gasteiger partial charge in [0.2, 0.25) is 0 Å². The van der Waals surface area contributed by atoms with Crippen molar-refractivity contribution in [2.75, 3.05) is 0 Å². The van der Waals surface area contributed by atoms with Crippen molar-refractivity contribution < 1.29 is 18.0 Å². The van der Waals surface area contributed by atoms with Crippen LogP contribution in [-0.4, -0.2) is 11.8 Å². The van der Waals surface area contributed by atoms with Gasteiger partial charge < -0.3 is 5.73 Å². The van der Waals surface area contributed by atoms with Gasteiger partial charge in [-0.3, -0.25) is 4.79 Å². The van der Waals surface area contributed by atoms with E-state index < -0.39 is 23.6 Å². The standard InChI is InChI=1S/C10H10F3NO.ClH/c1-6(14)9(15)7-3-2-4-8(5-7)10(11,12)13;/h2-6H,14H2,1H3;1H. The second-order valence-corrected chi connectivity index (χ2v) is 3.23. The molecule has 1 rings (SSSR count). The van der Waals surface area contributed by atoms with Crippen LogP contribution in [0.25, 0.3) is 0 Å². The molecule has 0 aromatic heterocycles. The highest BCUT2D eigenvalue weighted by molar-refractivity contribution is 5.99. The van der Waals surface area contributed by atoms with Gasteiger partial charge in [0.05, 0.1) is 11.6 Å². The fourth-order valence-corrected chi connectivity index (χ4v) is 1.11. The van der Waals surface area contributed by atoms with E-state index in [4.69, 9.17) is 5.73 Å². The smallest absolute Gasteiger partial charge is 0.321 e. The lowest BCUT2D eigenvalue weighted by Gasteiger charge is -2.09. The highest BCUT2D eigenvalue weighted by atomic mass is 35.5. The summed E-state index contributed by atoms with van der Waals surface area (Å²) < 4.78 is 36.9. The maximum atomic E-state index is 12.3. The van der Waals surface area contributed by atoms with Crippen LogP contribution in [0, 0.1) is 0 Å². The number of carbonyl (C=O) groups excluding carboxylic acids is 1. The molecule has 0 aliphatic rings. The van der Waals surface area contributed by atoms with Gasteiger partial charge in [0.25, 0.3) is 0 Å². The van der Waals surface area contributed by atoms with Gasteiger partial charge in [0.15, 0.2) is 5.78 Å². The van der Waals surface area contributed by atoms with Gasteiger partial charge in [-0.25, -0.2) is 0 Å². The van der Waals surface area contributed by atoms with E-state index >= 15 is 0 Å². The molecule has 0 saturated carbocycles. The molecule has 1 aromatic rings. The maximum Gasteiger partial charge on any atom is 0.416 e. The first-order chi connectivity index (χ1) is 6.82. The van der Waals surface area contributed by atoms with Crippen molar-refractivity contribution in [2.45, 2.75) is 19.1 Å². The lowest BCUT2D eigenvalue weighted by Crippen LogP contribution is -2.26. The molecule has 0 bridgehead atoms. The summed E-state index contributed by atoms with van der Waals surface area (Å²) in [5.74, 6) is -0.499. The molecule has 0 spiro atoms. The van der Waals surface area contributed by atoms with E-state index in [1.54, 1.807) is 0 Å². The summed E-state index contributed by atoms with van der Waals surface area (Å²) in [6.07, 6.45) is -4.44. The first-order valence-electron chi connectivity index (χ1n) is 4.29. The maximum absolute atomic E-state index is 12.3. The Labute approximate surface area is 97.0 Å². The monoisotopic (exact) mass is 253 g/mol. The summed E-state index contributed by atoms with van der Waals surface area (Å²) in [7, 11) is 0. The molecule has 1 aromatic carbocycles. The van der Waals surface area contributed by atoms with Crippen LogP contribution in [0.5, 0.6) is 0 Å². The van der Waals surface area contributed by atoms with Gasteiger partial charge in [-0.1, -0.05) is 12.1 Å². The van der Waals surface area contributed by atoms with Gasteiger partial charge >= 0.3 is 6.18 Å². The zero-order chi connectivity index (χ0) is 11.6. The minimum absolute atomic E-state index is 0. The molecule has 2 N–H and O–H groups in total. The average molecular weight is 254 g/mol. The van der Waals surface area contributed by atoms with Gasteiger partial charge in [-0.2, -0.15) is 13.2 Å². The number of rotatable bonds is 2. The molecule has 16 heavy (non-hydrogen) atoms. The molecule has 0 fully saturated rings. The Morgan fingerprint density at radius 3 is 2.38 bits per heavy atom. The number of hydrogen-bond donors (Lipinski definition) is 1. The van der Waals surface area contributed by atoms with E-state index in [0.29, 0.717) is 0 Å². The second-order valence-electron chi connectivity index (χ2n) is 3.23. The Kier molecular flexibility index (Phi) is 4.96. The summed E-state index contributed by atoms with van der Waals surface area (Å²) in [5.41, 5.74) is 4.44. The van der Waals surface area contributed by atoms with Crippen LogP contribution in [-0.2, 0) is 6.18 Å². The van der Waals surface area contributed by atoms with Gasteiger partial charge in [-0.15, -0.1) is 12.4 Å². The number of nitrogens with two attached hydrogens (primary N) is 1. The molecular formula is C10H11ClF3NO. The van der Waals surface area contributed by atoms with Crippen LogP contribution in [0.4, 0.5) is 13.2 Å². The Morgan fingerprint density at radius 1 is 1.38 bits per heavy atom. The first-order valence-corrected chi connectivity index (χ1v) is 4.29. The topological polar surface area (TPSA) is 43.1 Å². The lowest BCUT2D eigenvalue weighted by atomic mass is 10.0. The highest BCUT2D eigenvalue weighted by Crippen LogP contribution is 2.29. The number of hydrogen-bond acceptors (Lipinski definition) is 2. The van der Waals surface area contributed by atoms with Crippen molar-refractivity contribution in [1.29, 1.82) is 0 Å². The fourth-order valence-electron chi connectivity index (χ4n) is 1.11. The van der Waals surface area contributed by atoms with E-state index in [1.807, 2.05) is 0 Å². The van der Waals surface area contributed by atoms with E-state index in [0.717, 1.165) is 12.1 Å². The molecule has 90 valence electrons. The van der Waals surface area contributed by atoms with E-state index in [2.05, 4.69) is 0 Å². The molecular weight excluding hydrogens is 243 g/mol.